The van der Waals surface area contributed by atoms with Gasteiger partial charge in [0.1, 0.15) is 0 Å². The van der Waals surface area contributed by atoms with Crippen LogP contribution in [0.15, 0.2) is 48.5 Å². The van der Waals surface area contributed by atoms with Gasteiger partial charge in [0.25, 0.3) is 5.91 Å². The molecule has 1 amide bonds. The normalized spacial score (nSPS) is 18.6. The van der Waals surface area contributed by atoms with Gasteiger partial charge in [-0.25, -0.2) is 0 Å². The third-order valence-electron chi connectivity index (χ3n) is 5.61. The number of carbonyl (C=O) groups is 1. The summed E-state index contributed by atoms with van der Waals surface area (Å²) in [5, 5.41) is 0. The minimum absolute atomic E-state index is 0.163. The molecule has 0 unspecified atom stereocenters. The lowest BCUT2D eigenvalue weighted by atomic mass is 9.99. The van der Waals surface area contributed by atoms with Crippen LogP contribution in [0.1, 0.15) is 27.0 Å². The molecule has 136 valence electrons. The molecule has 4 heteroatoms. The van der Waals surface area contributed by atoms with Crippen LogP contribution < -0.4 is 0 Å². The highest BCUT2D eigenvalue weighted by atomic mass is 16.2. The van der Waals surface area contributed by atoms with E-state index < -0.39 is 0 Å². The lowest BCUT2D eigenvalue weighted by Gasteiger charge is -2.32. The number of rotatable bonds is 3. The Labute approximate surface area is 156 Å². The molecule has 2 aliphatic heterocycles. The number of piperazine rings is 1. The van der Waals surface area contributed by atoms with Gasteiger partial charge in [-0.3, -0.25) is 9.69 Å². The minimum atomic E-state index is 0.163. The Hall–Kier alpha value is -2.17. The van der Waals surface area contributed by atoms with Gasteiger partial charge in [0.2, 0.25) is 0 Å². The Bertz CT molecular complexity index is 763. The van der Waals surface area contributed by atoms with Gasteiger partial charge in [0.15, 0.2) is 0 Å². The molecule has 2 aromatic carbocycles. The Kier molecular flexibility index (Phi) is 5.05. The number of likely N-dealkylation sites (N-methyl/N-ethyl adjacent to an activating group) is 1. The Morgan fingerprint density at radius 2 is 1.58 bits per heavy atom. The van der Waals surface area contributed by atoms with E-state index in [1.807, 2.05) is 17.0 Å². The second kappa shape index (κ2) is 7.60. The number of amides is 1. The summed E-state index contributed by atoms with van der Waals surface area (Å²) in [6, 6.07) is 17.0. The largest absolute Gasteiger partial charge is 0.336 e. The van der Waals surface area contributed by atoms with E-state index in [4.69, 9.17) is 0 Å². The van der Waals surface area contributed by atoms with E-state index in [0.29, 0.717) is 0 Å². The number of hydrogen-bond donors (Lipinski definition) is 0. The molecule has 0 N–H and O–H groups in total. The Balaban J connectivity index is 1.37. The molecule has 2 aromatic rings. The van der Waals surface area contributed by atoms with Crippen molar-refractivity contribution in [2.45, 2.75) is 19.5 Å². The maximum absolute atomic E-state index is 12.6. The predicted molar refractivity (Wildman–Crippen MR) is 104 cm³/mol. The van der Waals surface area contributed by atoms with Crippen molar-refractivity contribution < 1.29 is 4.79 Å². The molecule has 4 rings (SSSR count). The summed E-state index contributed by atoms with van der Waals surface area (Å²) in [4.78, 5) is 19.4. The van der Waals surface area contributed by atoms with Crippen molar-refractivity contribution in [3.63, 3.8) is 0 Å². The first-order chi connectivity index (χ1) is 12.7. The molecule has 0 aliphatic carbocycles. The van der Waals surface area contributed by atoms with E-state index in [-0.39, 0.29) is 5.91 Å². The number of hydrogen-bond acceptors (Lipinski definition) is 3. The molecule has 1 fully saturated rings. The zero-order valence-corrected chi connectivity index (χ0v) is 15.5. The van der Waals surface area contributed by atoms with Crippen LogP contribution >= 0.6 is 0 Å². The summed E-state index contributed by atoms with van der Waals surface area (Å²) in [6.07, 6.45) is 1.12. The summed E-state index contributed by atoms with van der Waals surface area (Å²) in [5.74, 6) is 0.163. The number of nitrogens with zero attached hydrogens (tertiary/aromatic N) is 3. The molecule has 0 atom stereocenters. The van der Waals surface area contributed by atoms with E-state index in [9.17, 15) is 4.79 Å². The minimum Gasteiger partial charge on any atom is -0.336 e. The Morgan fingerprint density at radius 1 is 0.885 bits per heavy atom. The molecule has 1 saturated heterocycles. The molecule has 4 nitrogen and oxygen atoms in total. The van der Waals surface area contributed by atoms with Gasteiger partial charge in [-0.15, -0.1) is 0 Å². The lowest BCUT2D eigenvalue weighted by Crippen LogP contribution is -2.47. The second-order valence-electron chi connectivity index (χ2n) is 7.52. The summed E-state index contributed by atoms with van der Waals surface area (Å²) in [7, 11) is 2.11. The zero-order valence-electron chi connectivity index (χ0n) is 15.5. The van der Waals surface area contributed by atoms with Gasteiger partial charge in [-0.1, -0.05) is 36.4 Å². The molecule has 0 radical (unpaired) electrons. The van der Waals surface area contributed by atoms with Crippen molar-refractivity contribution in [2.75, 3.05) is 39.8 Å². The van der Waals surface area contributed by atoms with Crippen LogP contribution in [0.3, 0.4) is 0 Å². The third kappa shape index (κ3) is 3.81. The van der Waals surface area contributed by atoms with Crippen molar-refractivity contribution in [1.82, 2.24) is 14.7 Å². The van der Waals surface area contributed by atoms with Gasteiger partial charge >= 0.3 is 0 Å². The number of benzene rings is 2. The maximum Gasteiger partial charge on any atom is 0.253 e. The van der Waals surface area contributed by atoms with Crippen molar-refractivity contribution in [3.05, 3.63) is 70.8 Å². The first-order valence-corrected chi connectivity index (χ1v) is 9.55. The standard InChI is InChI=1S/C22H27N3O/c1-23-12-14-25(15-13-23)22(26)20-8-6-18(7-9-20)16-24-11-10-19-4-2-3-5-21(19)17-24/h2-9H,10-17H2,1H3. The van der Waals surface area contributed by atoms with Gasteiger partial charge in [-0.05, 0) is 42.3 Å². The summed E-state index contributed by atoms with van der Waals surface area (Å²) < 4.78 is 0. The van der Waals surface area contributed by atoms with Gasteiger partial charge in [0.05, 0.1) is 0 Å². The average molecular weight is 349 g/mol. The Morgan fingerprint density at radius 3 is 2.31 bits per heavy atom. The molecule has 2 aliphatic rings. The topological polar surface area (TPSA) is 26.8 Å². The van der Waals surface area contributed by atoms with Crippen LogP contribution in [-0.4, -0.2) is 60.4 Å². The van der Waals surface area contributed by atoms with Crippen LogP contribution in [0.2, 0.25) is 0 Å². The number of fused-ring (bicyclic) bond motifs is 1. The van der Waals surface area contributed by atoms with Crippen LogP contribution in [-0.2, 0) is 19.5 Å². The highest BCUT2D eigenvalue weighted by Crippen LogP contribution is 2.20. The first kappa shape index (κ1) is 17.3. The molecule has 0 aromatic heterocycles. The molecule has 26 heavy (non-hydrogen) atoms. The molecular weight excluding hydrogens is 322 g/mol. The fourth-order valence-electron chi connectivity index (χ4n) is 3.89. The fourth-order valence-corrected chi connectivity index (χ4v) is 3.89. The molecule has 0 bridgehead atoms. The van der Waals surface area contributed by atoms with E-state index in [2.05, 4.69) is 53.2 Å². The molecular formula is C22H27N3O. The van der Waals surface area contributed by atoms with Crippen molar-refractivity contribution >= 4 is 5.91 Å². The average Bonchev–Trinajstić information content (AvgIpc) is 2.68. The van der Waals surface area contributed by atoms with Gasteiger partial charge < -0.3 is 9.80 Å². The van der Waals surface area contributed by atoms with E-state index in [1.165, 1.54) is 16.7 Å². The summed E-state index contributed by atoms with van der Waals surface area (Å²) >= 11 is 0. The van der Waals surface area contributed by atoms with Gasteiger partial charge in [-0.2, -0.15) is 0 Å². The highest BCUT2D eigenvalue weighted by Gasteiger charge is 2.20. The van der Waals surface area contributed by atoms with Gasteiger partial charge in [0, 0.05) is 51.4 Å². The highest BCUT2D eigenvalue weighted by molar-refractivity contribution is 5.94. The fraction of sp³-hybridized carbons (Fsp3) is 0.409. The second-order valence-corrected chi connectivity index (χ2v) is 7.52. The number of carbonyl (C=O) groups excluding carboxylic acids is 1. The van der Waals surface area contributed by atoms with E-state index in [0.717, 1.165) is 57.8 Å². The van der Waals surface area contributed by atoms with Crippen LogP contribution in [0.5, 0.6) is 0 Å². The van der Waals surface area contributed by atoms with Crippen LogP contribution in [0.4, 0.5) is 0 Å². The molecule has 2 heterocycles. The molecule has 0 spiro atoms. The van der Waals surface area contributed by atoms with Crippen LogP contribution in [0.25, 0.3) is 0 Å². The van der Waals surface area contributed by atoms with E-state index >= 15 is 0 Å². The summed E-state index contributed by atoms with van der Waals surface area (Å²) in [5.41, 5.74) is 5.01. The monoisotopic (exact) mass is 349 g/mol. The quantitative estimate of drug-likeness (QED) is 0.852. The zero-order chi connectivity index (χ0) is 17.9. The third-order valence-corrected chi connectivity index (χ3v) is 5.61. The summed E-state index contributed by atoms with van der Waals surface area (Å²) in [6.45, 7) is 6.61. The smallest absolute Gasteiger partial charge is 0.253 e. The van der Waals surface area contributed by atoms with Crippen molar-refractivity contribution in [2.24, 2.45) is 0 Å². The SMILES string of the molecule is CN1CCN(C(=O)c2ccc(CN3CCc4ccccc4C3)cc2)CC1. The van der Waals surface area contributed by atoms with Crippen molar-refractivity contribution in [1.29, 1.82) is 0 Å². The van der Waals surface area contributed by atoms with Crippen molar-refractivity contribution in [3.8, 4) is 0 Å². The first-order valence-electron chi connectivity index (χ1n) is 9.55. The predicted octanol–water partition coefficient (Wildman–Crippen LogP) is 2.63. The van der Waals surface area contributed by atoms with E-state index in [1.54, 1.807) is 0 Å². The maximum atomic E-state index is 12.6. The molecule has 0 saturated carbocycles. The van der Waals surface area contributed by atoms with Crippen LogP contribution in [0, 0.1) is 0 Å². The lowest BCUT2D eigenvalue weighted by molar-refractivity contribution is 0.0664.